The topological polar surface area (TPSA) is 44.8 Å². The number of piperazine rings is 1. The van der Waals surface area contributed by atoms with Gasteiger partial charge in [0.05, 0.1) is 7.11 Å². The molecule has 1 aliphatic heterocycles. The fourth-order valence-electron chi connectivity index (χ4n) is 3.18. The fourth-order valence-corrected chi connectivity index (χ4v) is 3.18. The predicted molar refractivity (Wildman–Crippen MR) is 103 cm³/mol. The van der Waals surface area contributed by atoms with Crippen LogP contribution >= 0.6 is 0 Å². The Kier molecular flexibility index (Phi) is 6.50. The van der Waals surface area contributed by atoms with Crippen molar-refractivity contribution in [1.29, 1.82) is 0 Å². The van der Waals surface area contributed by atoms with Crippen LogP contribution in [0.4, 0.5) is 4.79 Å². The van der Waals surface area contributed by atoms with E-state index in [1.54, 1.807) is 7.11 Å². The Morgan fingerprint density at radius 2 is 1.73 bits per heavy atom. The van der Waals surface area contributed by atoms with Crippen molar-refractivity contribution in [3.8, 4) is 5.75 Å². The van der Waals surface area contributed by atoms with Gasteiger partial charge in [0.25, 0.3) is 0 Å². The number of benzene rings is 2. The van der Waals surface area contributed by atoms with Crippen LogP contribution in [-0.2, 0) is 13.0 Å². The summed E-state index contributed by atoms with van der Waals surface area (Å²) in [6.45, 7) is 4.98. The molecule has 0 aromatic heterocycles. The lowest BCUT2D eigenvalue weighted by Gasteiger charge is -2.34. The number of nitrogens with zero attached hydrogens (tertiary/aromatic N) is 2. The van der Waals surface area contributed by atoms with E-state index in [0.717, 1.165) is 50.5 Å². The summed E-state index contributed by atoms with van der Waals surface area (Å²) in [5.41, 5.74) is 2.41. The highest BCUT2D eigenvalue weighted by Gasteiger charge is 2.20. The lowest BCUT2D eigenvalue weighted by Crippen LogP contribution is -2.51. The van der Waals surface area contributed by atoms with Gasteiger partial charge in [-0.2, -0.15) is 0 Å². The van der Waals surface area contributed by atoms with Crippen molar-refractivity contribution >= 4 is 6.03 Å². The molecule has 0 unspecified atom stereocenters. The molecule has 0 aliphatic carbocycles. The minimum absolute atomic E-state index is 0.00975. The van der Waals surface area contributed by atoms with Crippen LogP contribution in [0.5, 0.6) is 5.75 Å². The summed E-state index contributed by atoms with van der Waals surface area (Å²) in [5.74, 6) is 0.809. The second-order valence-electron chi connectivity index (χ2n) is 6.57. The molecule has 2 amide bonds. The summed E-state index contributed by atoms with van der Waals surface area (Å²) >= 11 is 0. The first-order valence-corrected chi connectivity index (χ1v) is 9.16. The van der Waals surface area contributed by atoms with Crippen molar-refractivity contribution in [3.05, 3.63) is 65.7 Å². The van der Waals surface area contributed by atoms with Gasteiger partial charge in [0.2, 0.25) is 0 Å². The van der Waals surface area contributed by atoms with Gasteiger partial charge in [-0.05, 0) is 29.7 Å². The van der Waals surface area contributed by atoms with E-state index in [1.165, 1.54) is 5.56 Å². The Bertz CT molecular complexity index is 697. The first-order chi connectivity index (χ1) is 12.7. The molecule has 0 spiro atoms. The maximum absolute atomic E-state index is 12.4. The molecule has 0 saturated carbocycles. The molecule has 1 N–H and O–H groups in total. The number of ether oxygens (including phenoxy) is 1. The summed E-state index contributed by atoms with van der Waals surface area (Å²) < 4.78 is 5.22. The lowest BCUT2D eigenvalue weighted by atomic mass is 10.1. The molecule has 3 rings (SSSR count). The van der Waals surface area contributed by atoms with Crippen LogP contribution in [0.15, 0.2) is 54.6 Å². The van der Waals surface area contributed by atoms with Crippen LogP contribution in [0.2, 0.25) is 0 Å². The molecule has 1 aliphatic rings. The number of hydrogen-bond acceptors (Lipinski definition) is 3. The normalized spacial score (nSPS) is 14.9. The molecule has 2 aromatic carbocycles. The van der Waals surface area contributed by atoms with Gasteiger partial charge in [0, 0.05) is 39.3 Å². The molecule has 0 bridgehead atoms. The van der Waals surface area contributed by atoms with E-state index in [9.17, 15) is 4.79 Å². The largest absolute Gasteiger partial charge is 0.497 e. The summed E-state index contributed by atoms with van der Waals surface area (Å²) in [5, 5.41) is 3.01. The van der Waals surface area contributed by atoms with E-state index < -0.39 is 0 Å². The molecule has 1 fully saturated rings. The summed E-state index contributed by atoms with van der Waals surface area (Å²) in [4.78, 5) is 16.7. The third kappa shape index (κ3) is 5.23. The molecule has 26 heavy (non-hydrogen) atoms. The molecular weight excluding hydrogens is 326 g/mol. The standard InChI is InChI=1S/C21H27N3O2/c1-26-20-9-5-8-19(16-20)17-22-21(25)24-14-12-23(13-15-24)11-10-18-6-3-2-4-7-18/h2-9,16H,10-15,17H2,1H3,(H,22,25). The molecule has 2 aromatic rings. The average molecular weight is 353 g/mol. The van der Waals surface area contributed by atoms with Crippen molar-refractivity contribution < 1.29 is 9.53 Å². The number of rotatable bonds is 6. The number of carbonyl (C=O) groups is 1. The third-order valence-electron chi connectivity index (χ3n) is 4.80. The molecular formula is C21H27N3O2. The monoisotopic (exact) mass is 353 g/mol. The Balaban J connectivity index is 1.39. The van der Waals surface area contributed by atoms with Crippen LogP contribution in [0.1, 0.15) is 11.1 Å². The van der Waals surface area contributed by atoms with Crippen LogP contribution in [-0.4, -0.2) is 55.7 Å². The van der Waals surface area contributed by atoms with E-state index in [-0.39, 0.29) is 6.03 Å². The SMILES string of the molecule is COc1cccc(CNC(=O)N2CCN(CCc3ccccc3)CC2)c1. The van der Waals surface area contributed by atoms with E-state index >= 15 is 0 Å². The van der Waals surface area contributed by atoms with Gasteiger partial charge in [-0.3, -0.25) is 4.90 Å². The van der Waals surface area contributed by atoms with Crippen molar-refractivity contribution in [1.82, 2.24) is 15.1 Å². The predicted octanol–water partition coefficient (Wildman–Crippen LogP) is 2.77. The number of urea groups is 1. The van der Waals surface area contributed by atoms with Gasteiger partial charge in [-0.15, -0.1) is 0 Å². The molecule has 138 valence electrons. The molecule has 5 heteroatoms. The Labute approximate surface area is 155 Å². The zero-order valence-electron chi connectivity index (χ0n) is 15.4. The van der Waals surface area contributed by atoms with E-state index in [0.29, 0.717) is 6.54 Å². The van der Waals surface area contributed by atoms with E-state index in [2.05, 4.69) is 34.5 Å². The van der Waals surface area contributed by atoms with Crippen molar-refractivity contribution in [3.63, 3.8) is 0 Å². The lowest BCUT2D eigenvalue weighted by molar-refractivity contribution is 0.140. The first kappa shape index (κ1) is 18.3. The minimum Gasteiger partial charge on any atom is -0.497 e. The summed E-state index contributed by atoms with van der Waals surface area (Å²) in [7, 11) is 1.65. The second-order valence-corrected chi connectivity index (χ2v) is 6.57. The van der Waals surface area contributed by atoms with E-state index in [1.807, 2.05) is 35.2 Å². The first-order valence-electron chi connectivity index (χ1n) is 9.16. The van der Waals surface area contributed by atoms with Gasteiger partial charge < -0.3 is 15.0 Å². The zero-order chi connectivity index (χ0) is 18.2. The Morgan fingerprint density at radius 1 is 1.00 bits per heavy atom. The van der Waals surface area contributed by atoms with Gasteiger partial charge in [-0.25, -0.2) is 4.79 Å². The maximum Gasteiger partial charge on any atom is 0.317 e. The minimum atomic E-state index is 0.00975. The summed E-state index contributed by atoms with van der Waals surface area (Å²) in [6, 6.07) is 18.3. The van der Waals surface area contributed by atoms with Crippen LogP contribution in [0, 0.1) is 0 Å². The van der Waals surface area contributed by atoms with Gasteiger partial charge >= 0.3 is 6.03 Å². The Morgan fingerprint density at radius 3 is 2.46 bits per heavy atom. The molecule has 0 atom stereocenters. The number of carbonyl (C=O) groups excluding carboxylic acids is 1. The fraction of sp³-hybridized carbons (Fsp3) is 0.381. The van der Waals surface area contributed by atoms with Crippen LogP contribution in [0.25, 0.3) is 0 Å². The number of methoxy groups -OCH3 is 1. The number of hydrogen-bond donors (Lipinski definition) is 1. The number of amides is 2. The van der Waals surface area contributed by atoms with Gasteiger partial charge in [0.15, 0.2) is 0 Å². The maximum atomic E-state index is 12.4. The van der Waals surface area contributed by atoms with Crippen molar-refractivity contribution in [2.24, 2.45) is 0 Å². The average Bonchev–Trinajstić information content (AvgIpc) is 2.72. The number of nitrogens with one attached hydrogen (secondary N) is 1. The summed E-state index contributed by atoms with van der Waals surface area (Å²) in [6.07, 6.45) is 1.06. The quantitative estimate of drug-likeness (QED) is 0.869. The van der Waals surface area contributed by atoms with Crippen molar-refractivity contribution in [2.45, 2.75) is 13.0 Å². The molecule has 1 heterocycles. The molecule has 1 saturated heterocycles. The highest BCUT2D eigenvalue weighted by atomic mass is 16.5. The van der Waals surface area contributed by atoms with Gasteiger partial charge in [0.1, 0.15) is 5.75 Å². The highest BCUT2D eigenvalue weighted by Crippen LogP contribution is 2.12. The molecule has 5 nitrogen and oxygen atoms in total. The Hall–Kier alpha value is -2.53. The smallest absolute Gasteiger partial charge is 0.317 e. The van der Waals surface area contributed by atoms with E-state index in [4.69, 9.17) is 4.74 Å². The highest BCUT2D eigenvalue weighted by molar-refractivity contribution is 5.74. The molecule has 0 radical (unpaired) electrons. The van der Waals surface area contributed by atoms with Crippen molar-refractivity contribution in [2.75, 3.05) is 39.8 Å². The van der Waals surface area contributed by atoms with Crippen LogP contribution < -0.4 is 10.1 Å². The van der Waals surface area contributed by atoms with Crippen LogP contribution in [0.3, 0.4) is 0 Å². The third-order valence-corrected chi connectivity index (χ3v) is 4.80. The van der Waals surface area contributed by atoms with Gasteiger partial charge in [-0.1, -0.05) is 42.5 Å². The zero-order valence-corrected chi connectivity index (χ0v) is 15.4. The second kappa shape index (κ2) is 9.25.